The van der Waals surface area contributed by atoms with Gasteiger partial charge in [-0.2, -0.15) is 0 Å². The molecule has 1 rings (SSSR count). The molecular weight excluding hydrogens is 230 g/mol. The zero-order chi connectivity index (χ0) is 12.7. The second kappa shape index (κ2) is 7.55. The maximum absolute atomic E-state index is 11.7. The fraction of sp³-hybridized carbons (Fsp3) is 0.909. The van der Waals surface area contributed by atoms with Gasteiger partial charge in [0.1, 0.15) is 6.61 Å². The van der Waals surface area contributed by atoms with Crippen molar-refractivity contribution in [3.05, 3.63) is 0 Å². The number of amides is 1. The van der Waals surface area contributed by atoms with Gasteiger partial charge in [0, 0.05) is 18.5 Å². The molecule has 0 saturated carbocycles. The molecule has 0 bridgehead atoms. The molecule has 17 heavy (non-hydrogen) atoms. The van der Waals surface area contributed by atoms with Gasteiger partial charge in [-0.1, -0.05) is 0 Å². The second-order valence-corrected chi connectivity index (χ2v) is 4.28. The number of piperidine rings is 1. The Hall–Kier alpha value is -0.750. The van der Waals surface area contributed by atoms with Crippen molar-refractivity contribution in [3.63, 3.8) is 0 Å². The van der Waals surface area contributed by atoms with Gasteiger partial charge in [-0.3, -0.25) is 4.79 Å². The molecule has 0 aliphatic carbocycles. The number of hydrogen-bond donors (Lipinski definition) is 2. The van der Waals surface area contributed by atoms with Gasteiger partial charge in [0.15, 0.2) is 0 Å². The Kier molecular flexibility index (Phi) is 6.36. The molecule has 0 aromatic carbocycles. The number of carbonyl (C=O) groups is 1. The minimum absolute atomic E-state index is 0.0463. The zero-order valence-corrected chi connectivity index (χ0v) is 10.0. The van der Waals surface area contributed by atoms with Crippen LogP contribution in [0, 0.1) is 0 Å². The maximum atomic E-state index is 11.7. The van der Waals surface area contributed by atoms with Crippen LogP contribution in [0.3, 0.4) is 0 Å². The predicted molar refractivity (Wildman–Crippen MR) is 60.1 cm³/mol. The lowest BCUT2D eigenvalue weighted by Gasteiger charge is -2.30. The minimum atomic E-state index is -2.47. The largest absolute Gasteiger partial charge is 0.375 e. The summed E-state index contributed by atoms with van der Waals surface area (Å²) in [4.78, 5) is 11.5. The normalized spacial score (nSPS) is 24.9. The van der Waals surface area contributed by atoms with E-state index in [2.05, 4.69) is 15.4 Å². The van der Waals surface area contributed by atoms with E-state index in [1.165, 1.54) is 0 Å². The highest BCUT2D eigenvalue weighted by atomic mass is 19.3. The van der Waals surface area contributed by atoms with Gasteiger partial charge in [0.25, 0.3) is 6.43 Å². The van der Waals surface area contributed by atoms with Crippen LogP contribution in [0.2, 0.25) is 0 Å². The van der Waals surface area contributed by atoms with Crippen molar-refractivity contribution in [1.82, 2.24) is 10.6 Å². The maximum Gasteiger partial charge on any atom is 0.261 e. The monoisotopic (exact) mass is 250 g/mol. The molecule has 0 radical (unpaired) electrons. The summed E-state index contributed by atoms with van der Waals surface area (Å²) >= 11 is 0. The third-order valence-electron chi connectivity index (χ3n) is 2.83. The van der Waals surface area contributed by atoms with Crippen molar-refractivity contribution in [3.8, 4) is 0 Å². The van der Waals surface area contributed by atoms with Crippen LogP contribution in [0.1, 0.15) is 26.2 Å². The van der Waals surface area contributed by atoms with Gasteiger partial charge in [-0.05, 0) is 26.3 Å². The highest BCUT2D eigenvalue weighted by Crippen LogP contribution is 2.08. The lowest BCUT2D eigenvalue weighted by molar-refractivity contribution is -0.123. The van der Waals surface area contributed by atoms with Gasteiger partial charge >= 0.3 is 0 Å². The van der Waals surface area contributed by atoms with Crippen molar-refractivity contribution in [2.24, 2.45) is 0 Å². The molecule has 2 N–H and O–H groups in total. The van der Waals surface area contributed by atoms with E-state index in [1.54, 1.807) is 0 Å². The van der Waals surface area contributed by atoms with Crippen LogP contribution >= 0.6 is 0 Å². The van der Waals surface area contributed by atoms with Crippen molar-refractivity contribution in [1.29, 1.82) is 0 Å². The SMILES string of the molecule is CC1NCCCC1NC(=O)CCOCC(F)F. The van der Waals surface area contributed by atoms with Crippen LogP contribution in [0.15, 0.2) is 0 Å². The Bertz CT molecular complexity index is 240. The highest BCUT2D eigenvalue weighted by Gasteiger charge is 2.21. The summed E-state index contributed by atoms with van der Waals surface area (Å²) in [7, 11) is 0. The van der Waals surface area contributed by atoms with E-state index in [0.29, 0.717) is 0 Å². The molecule has 1 saturated heterocycles. The first-order valence-corrected chi connectivity index (χ1v) is 5.98. The predicted octanol–water partition coefficient (Wildman–Crippen LogP) is 0.915. The molecule has 1 aliphatic heterocycles. The Balaban J connectivity index is 2.11. The topological polar surface area (TPSA) is 50.4 Å². The van der Waals surface area contributed by atoms with E-state index >= 15 is 0 Å². The van der Waals surface area contributed by atoms with Crippen LogP contribution in [0.4, 0.5) is 8.78 Å². The van der Waals surface area contributed by atoms with E-state index in [0.717, 1.165) is 19.4 Å². The zero-order valence-electron chi connectivity index (χ0n) is 10.0. The first-order valence-electron chi connectivity index (χ1n) is 5.98. The fourth-order valence-electron chi connectivity index (χ4n) is 1.86. The smallest absolute Gasteiger partial charge is 0.261 e. The van der Waals surface area contributed by atoms with E-state index in [4.69, 9.17) is 0 Å². The molecule has 0 aromatic rings. The number of hydrogen-bond acceptors (Lipinski definition) is 3. The molecule has 1 fully saturated rings. The lowest BCUT2D eigenvalue weighted by Crippen LogP contribution is -2.52. The summed E-state index contributed by atoms with van der Waals surface area (Å²) in [6.45, 7) is 2.45. The number of alkyl halides is 2. The summed E-state index contributed by atoms with van der Waals surface area (Å²) in [6, 6.07) is 0.390. The van der Waals surface area contributed by atoms with Crippen molar-refractivity contribution in [2.45, 2.75) is 44.7 Å². The molecule has 0 spiro atoms. The Labute approximate surface area is 100 Å². The van der Waals surface area contributed by atoms with Crippen molar-refractivity contribution >= 4 is 5.91 Å². The molecule has 2 atom stereocenters. The van der Waals surface area contributed by atoms with E-state index in [9.17, 15) is 13.6 Å². The molecule has 4 nitrogen and oxygen atoms in total. The number of rotatable bonds is 6. The molecule has 6 heteroatoms. The lowest BCUT2D eigenvalue weighted by atomic mass is 10.00. The standard InChI is InChI=1S/C11H20F2N2O2/c1-8-9(3-2-5-14-8)15-11(16)4-6-17-7-10(12)13/h8-10,14H,2-7H2,1H3,(H,15,16). The average molecular weight is 250 g/mol. The number of nitrogens with one attached hydrogen (secondary N) is 2. The van der Waals surface area contributed by atoms with Gasteiger partial charge in [0.05, 0.1) is 6.61 Å². The number of carbonyl (C=O) groups excluding carboxylic acids is 1. The fourth-order valence-corrected chi connectivity index (χ4v) is 1.86. The van der Waals surface area contributed by atoms with Crippen LogP contribution in [-0.2, 0) is 9.53 Å². The molecule has 1 amide bonds. The number of ether oxygens (including phenoxy) is 1. The van der Waals surface area contributed by atoms with E-state index in [-0.39, 0.29) is 31.0 Å². The van der Waals surface area contributed by atoms with Gasteiger partial charge in [0.2, 0.25) is 5.91 Å². The van der Waals surface area contributed by atoms with E-state index < -0.39 is 13.0 Å². The third kappa shape index (κ3) is 5.93. The van der Waals surface area contributed by atoms with Crippen LogP contribution in [-0.4, -0.2) is 44.2 Å². The third-order valence-corrected chi connectivity index (χ3v) is 2.83. The average Bonchev–Trinajstić information content (AvgIpc) is 2.27. The Morgan fingerprint density at radius 1 is 1.59 bits per heavy atom. The molecule has 0 aromatic heterocycles. The Morgan fingerprint density at radius 2 is 2.35 bits per heavy atom. The van der Waals surface area contributed by atoms with Crippen LogP contribution < -0.4 is 10.6 Å². The Morgan fingerprint density at radius 3 is 3.00 bits per heavy atom. The van der Waals surface area contributed by atoms with Gasteiger partial charge in [-0.15, -0.1) is 0 Å². The highest BCUT2D eigenvalue weighted by molar-refractivity contribution is 5.76. The quantitative estimate of drug-likeness (QED) is 0.689. The van der Waals surface area contributed by atoms with Gasteiger partial charge < -0.3 is 15.4 Å². The molecular formula is C11H20F2N2O2. The summed E-state index contributed by atoms with van der Waals surface area (Å²) in [5, 5.41) is 6.16. The molecule has 1 heterocycles. The second-order valence-electron chi connectivity index (χ2n) is 4.28. The molecule has 1 aliphatic rings. The summed E-state index contributed by atoms with van der Waals surface area (Å²) in [6.07, 6.45) is -0.342. The first kappa shape index (κ1) is 14.3. The van der Waals surface area contributed by atoms with Crippen molar-refractivity contribution in [2.75, 3.05) is 19.8 Å². The van der Waals surface area contributed by atoms with Crippen LogP contribution in [0.5, 0.6) is 0 Å². The molecule has 2 unspecified atom stereocenters. The summed E-state index contributed by atoms with van der Waals surface area (Å²) in [5.74, 6) is -0.139. The van der Waals surface area contributed by atoms with Crippen LogP contribution in [0.25, 0.3) is 0 Å². The summed E-state index contributed by atoms with van der Waals surface area (Å²) in [5.41, 5.74) is 0. The number of halogens is 2. The first-order chi connectivity index (χ1) is 8.09. The minimum Gasteiger partial charge on any atom is -0.375 e. The van der Waals surface area contributed by atoms with Crippen molar-refractivity contribution < 1.29 is 18.3 Å². The van der Waals surface area contributed by atoms with E-state index in [1.807, 2.05) is 6.92 Å². The molecule has 100 valence electrons. The van der Waals surface area contributed by atoms with Gasteiger partial charge in [-0.25, -0.2) is 8.78 Å². The summed E-state index contributed by atoms with van der Waals surface area (Å²) < 4.78 is 28.2.